The van der Waals surface area contributed by atoms with Crippen molar-refractivity contribution in [3.05, 3.63) is 52.4 Å². The molecule has 0 N–H and O–H groups in total. The summed E-state index contributed by atoms with van der Waals surface area (Å²) in [6, 6.07) is 9.47. The average molecular weight is 404 g/mol. The number of nitrogens with zero attached hydrogens (tertiary/aromatic N) is 2. The first-order valence-corrected chi connectivity index (χ1v) is 6.99. The van der Waals surface area contributed by atoms with E-state index in [0.717, 1.165) is 14.8 Å². The Morgan fingerprint density at radius 1 is 1.00 bits per heavy atom. The lowest BCUT2D eigenvalue weighted by atomic mass is 10.2. The van der Waals surface area contributed by atoms with E-state index < -0.39 is 6.36 Å². The number of rotatable bonds is 2. The summed E-state index contributed by atoms with van der Waals surface area (Å²) in [5.74, 6) is -0.246. The molecule has 0 aliphatic carbocycles. The van der Waals surface area contributed by atoms with Gasteiger partial charge in [0.1, 0.15) is 11.4 Å². The Bertz CT molecular complexity index is 781. The second kappa shape index (κ2) is 5.21. The van der Waals surface area contributed by atoms with Gasteiger partial charge in [-0.2, -0.15) is 0 Å². The number of hydrogen-bond donors (Lipinski definition) is 0. The summed E-state index contributed by atoms with van der Waals surface area (Å²) in [5.41, 5.74) is 2.19. The summed E-state index contributed by atoms with van der Waals surface area (Å²) >= 11 is 2.20. The zero-order chi connectivity index (χ0) is 15.0. The van der Waals surface area contributed by atoms with E-state index in [1.54, 1.807) is 12.1 Å². The summed E-state index contributed by atoms with van der Waals surface area (Å²) in [6.45, 7) is 0. The highest BCUT2D eigenvalue weighted by atomic mass is 127. The van der Waals surface area contributed by atoms with Gasteiger partial charge in [-0.15, -0.1) is 13.2 Å². The van der Waals surface area contributed by atoms with Crippen LogP contribution >= 0.6 is 22.6 Å². The molecule has 2 heterocycles. The van der Waals surface area contributed by atoms with Crippen molar-refractivity contribution in [1.82, 2.24) is 9.38 Å². The molecule has 0 saturated carbocycles. The third kappa shape index (κ3) is 3.29. The molecule has 0 fully saturated rings. The van der Waals surface area contributed by atoms with Crippen molar-refractivity contribution < 1.29 is 17.9 Å². The highest BCUT2D eigenvalue weighted by Gasteiger charge is 2.30. The smallest absolute Gasteiger partial charge is 0.406 e. The van der Waals surface area contributed by atoms with Crippen LogP contribution in [-0.2, 0) is 0 Å². The van der Waals surface area contributed by atoms with Crippen LogP contribution in [0.15, 0.2) is 48.8 Å². The maximum atomic E-state index is 12.1. The van der Waals surface area contributed by atoms with E-state index in [-0.39, 0.29) is 5.75 Å². The molecule has 0 bridgehead atoms. The minimum atomic E-state index is -4.68. The van der Waals surface area contributed by atoms with Crippen molar-refractivity contribution in [2.24, 2.45) is 0 Å². The first-order valence-electron chi connectivity index (χ1n) is 5.91. The van der Waals surface area contributed by atoms with E-state index in [1.807, 2.05) is 28.9 Å². The second-order valence-electron chi connectivity index (χ2n) is 4.31. The molecule has 0 atom stereocenters. The van der Waals surface area contributed by atoms with E-state index >= 15 is 0 Å². The number of alkyl halides is 3. The van der Waals surface area contributed by atoms with Crippen molar-refractivity contribution in [3.63, 3.8) is 0 Å². The van der Waals surface area contributed by atoms with E-state index in [1.165, 1.54) is 12.1 Å². The molecule has 0 saturated heterocycles. The molecule has 0 amide bonds. The molecule has 108 valence electrons. The number of benzene rings is 1. The third-order valence-corrected chi connectivity index (χ3v) is 3.44. The summed E-state index contributed by atoms with van der Waals surface area (Å²) in [6.07, 6.45) is -0.925. The van der Waals surface area contributed by atoms with Gasteiger partial charge in [-0.25, -0.2) is 4.98 Å². The van der Waals surface area contributed by atoms with E-state index in [4.69, 9.17) is 0 Å². The minimum Gasteiger partial charge on any atom is -0.406 e. The normalized spacial score (nSPS) is 11.8. The van der Waals surface area contributed by atoms with Crippen LogP contribution in [0.4, 0.5) is 13.2 Å². The monoisotopic (exact) mass is 404 g/mol. The molecule has 21 heavy (non-hydrogen) atoms. The lowest BCUT2D eigenvalue weighted by molar-refractivity contribution is -0.274. The van der Waals surface area contributed by atoms with E-state index in [2.05, 4.69) is 32.3 Å². The molecule has 0 aliphatic heterocycles. The molecule has 3 nitrogen and oxygen atoms in total. The van der Waals surface area contributed by atoms with Crippen molar-refractivity contribution in [1.29, 1.82) is 0 Å². The summed E-state index contributed by atoms with van der Waals surface area (Å²) in [5, 5.41) is 0. The highest BCUT2D eigenvalue weighted by Crippen LogP contribution is 2.26. The molecule has 0 spiro atoms. The van der Waals surface area contributed by atoms with Crippen molar-refractivity contribution in [2.45, 2.75) is 6.36 Å². The second-order valence-corrected chi connectivity index (χ2v) is 5.56. The van der Waals surface area contributed by atoms with Crippen LogP contribution in [0.5, 0.6) is 5.75 Å². The quantitative estimate of drug-likeness (QED) is 0.588. The van der Waals surface area contributed by atoms with Gasteiger partial charge in [0, 0.05) is 21.5 Å². The molecule has 0 radical (unpaired) electrons. The Balaban J connectivity index is 1.91. The highest BCUT2D eigenvalue weighted by molar-refractivity contribution is 14.1. The van der Waals surface area contributed by atoms with Gasteiger partial charge < -0.3 is 9.14 Å². The van der Waals surface area contributed by atoms with Crippen LogP contribution < -0.4 is 4.74 Å². The largest absolute Gasteiger partial charge is 0.573 e. The topological polar surface area (TPSA) is 26.5 Å². The molecule has 3 rings (SSSR count). The van der Waals surface area contributed by atoms with Gasteiger partial charge in [0.25, 0.3) is 0 Å². The number of hydrogen-bond acceptors (Lipinski definition) is 2. The SMILES string of the molecule is FC(F)(F)Oc1ccc(-c2cn3cc(I)ccc3n2)cc1. The summed E-state index contributed by atoms with van der Waals surface area (Å²) in [4.78, 5) is 4.42. The van der Waals surface area contributed by atoms with Gasteiger partial charge in [0.15, 0.2) is 0 Å². The van der Waals surface area contributed by atoms with Gasteiger partial charge in [0.2, 0.25) is 0 Å². The van der Waals surface area contributed by atoms with Gasteiger partial charge in [-0.3, -0.25) is 0 Å². The Kier molecular flexibility index (Phi) is 3.52. The van der Waals surface area contributed by atoms with Crippen LogP contribution in [0, 0.1) is 3.57 Å². The van der Waals surface area contributed by atoms with Crippen molar-refractivity contribution in [3.8, 4) is 17.0 Å². The Morgan fingerprint density at radius 2 is 1.71 bits per heavy atom. The average Bonchev–Trinajstić information content (AvgIpc) is 2.80. The first kappa shape index (κ1) is 14.2. The Labute approximate surface area is 131 Å². The van der Waals surface area contributed by atoms with Gasteiger partial charge in [-0.1, -0.05) is 0 Å². The van der Waals surface area contributed by atoms with E-state index in [9.17, 15) is 13.2 Å². The third-order valence-electron chi connectivity index (χ3n) is 2.80. The molecule has 2 aromatic heterocycles. The van der Waals surface area contributed by atoms with Crippen LogP contribution in [-0.4, -0.2) is 15.7 Å². The molecular formula is C14H8F3IN2O. The van der Waals surface area contributed by atoms with Gasteiger partial charge in [-0.05, 0) is 59.0 Å². The predicted molar refractivity (Wildman–Crippen MR) is 80.0 cm³/mol. The predicted octanol–water partition coefficient (Wildman–Crippen LogP) is 4.50. The Hall–Kier alpha value is -1.77. The van der Waals surface area contributed by atoms with Crippen LogP contribution in [0.2, 0.25) is 0 Å². The number of ether oxygens (including phenoxy) is 1. The lowest BCUT2D eigenvalue weighted by Crippen LogP contribution is -2.16. The minimum absolute atomic E-state index is 0.246. The van der Waals surface area contributed by atoms with Crippen LogP contribution in [0.3, 0.4) is 0 Å². The molecule has 7 heteroatoms. The van der Waals surface area contributed by atoms with E-state index in [0.29, 0.717) is 5.69 Å². The lowest BCUT2D eigenvalue weighted by Gasteiger charge is -2.08. The van der Waals surface area contributed by atoms with Gasteiger partial charge in [0.05, 0.1) is 5.69 Å². The van der Waals surface area contributed by atoms with Crippen LogP contribution in [0.25, 0.3) is 16.9 Å². The maximum absolute atomic E-state index is 12.1. The maximum Gasteiger partial charge on any atom is 0.573 e. The number of fused-ring (bicyclic) bond motifs is 1. The molecule has 0 unspecified atom stereocenters. The number of imidazole rings is 1. The first-order chi connectivity index (χ1) is 9.90. The Morgan fingerprint density at radius 3 is 2.38 bits per heavy atom. The fourth-order valence-corrected chi connectivity index (χ4v) is 2.41. The van der Waals surface area contributed by atoms with Gasteiger partial charge >= 0.3 is 6.36 Å². The number of halogens is 4. The fourth-order valence-electron chi connectivity index (χ4n) is 1.93. The molecule has 0 aliphatic rings. The molecule has 3 aromatic rings. The van der Waals surface area contributed by atoms with Crippen molar-refractivity contribution in [2.75, 3.05) is 0 Å². The standard InChI is InChI=1S/C14H8F3IN2O/c15-14(16,17)21-11-4-1-9(2-5-11)12-8-20-7-10(18)3-6-13(20)19-12/h1-8H. The molecule has 1 aromatic carbocycles. The van der Waals surface area contributed by atoms with Crippen LogP contribution in [0.1, 0.15) is 0 Å². The number of pyridine rings is 1. The summed E-state index contributed by atoms with van der Waals surface area (Å²) in [7, 11) is 0. The zero-order valence-corrected chi connectivity index (χ0v) is 12.6. The van der Waals surface area contributed by atoms with Crippen molar-refractivity contribution >= 4 is 28.2 Å². The molecular weight excluding hydrogens is 396 g/mol. The fraction of sp³-hybridized carbons (Fsp3) is 0.0714. The zero-order valence-electron chi connectivity index (χ0n) is 10.4. The summed E-state index contributed by atoms with van der Waals surface area (Å²) < 4.78 is 43.1. The number of aromatic nitrogens is 2.